The van der Waals surface area contributed by atoms with E-state index in [1.54, 1.807) is 11.0 Å². The number of nitrogens with zero attached hydrogens (tertiary/aromatic N) is 4. The molecule has 0 aliphatic carbocycles. The van der Waals surface area contributed by atoms with Crippen molar-refractivity contribution in [1.29, 1.82) is 0 Å². The molecule has 0 bridgehead atoms. The van der Waals surface area contributed by atoms with E-state index in [0.29, 0.717) is 11.8 Å². The number of hydrogen-bond donors (Lipinski definition) is 1. The van der Waals surface area contributed by atoms with E-state index in [1.165, 1.54) is 6.42 Å². The fraction of sp³-hybridized carbons (Fsp3) is 0.667. The molecule has 1 aliphatic rings. The molecule has 6 heteroatoms. The monoisotopic (exact) mass is 225 g/mol. The van der Waals surface area contributed by atoms with Crippen molar-refractivity contribution >= 4 is 16.9 Å². The standard InChI is InChI=1S/C9H15N5S/c1-3-7-4-10-9(15-7)11-5-8-12-6-14(2)13-8/h6-7H,3-5H2,1-2H3,(H,10,11). The summed E-state index contributed by atoms with van der Waals surface area (Å²) in [6.07, 6.45) is 2.87. The fourth-order valence-corrected chi connectivity index (χ4v) is 2.28. The lowest BCUT2D eigenvalue weighted by Crippen LogP contribution is -2.19. The number of nitrogens with one attached hydrogen (secondary N) is 1. The Hall–Kier alpha value is -1.04. The largest absolute Gasteiger partial charge is 0.358 e. The number of hydrogen-bond acceptors (Lipinski definition) is 5. The van der Waals surface area contributed by atoms with Crippen LogP contribution < -0.4 is 5.32 Å². The maximum absolute atomic E-state index is 4.42. The van der Waals surface area contributed by atoms with E-state index >= 15 is 0 Å². The summed E-state index contributed by atoms with van der Waals surface area (Å²) in [5, 5.41) is 9.11. The Morgan fingerprint density at radius 3 is 3.13 bits per heavy atom. The molecule has 0 aromatic carbocycles. The van der Waals surface area contributed by atoms with Crippen molar-refractivity contribution in [3.8, 4) is 0 Å². The van der Waals surface area contributed by atoms with E-state index in [-0.39, 0.29) is 0 Å². The molecule has 1 aromatic heterocycles. The van der Waals surface area contributed by atoms with Crippen molar-refractivity contribution in [2.24, 2.45) is 12.0 Å². The van der Waals surface area contributed by atoms with Crippen molar-refractivity contribution in [2.75, 3.05) is 6.54 Å². The lowest BCUT2D eigenvalue weighted by molar-refractivity contribution is 0.730. The minimum atomic E-state index is 0.643. The molecule has 2 rings (SSSR count). The molecule has 1 aromatic rings. The fourth-order valence-electron chi connectivity index (χ4n) is 1.35. The number of aliphatic imine (C=N–C) groups is 1. The first-order valence-corrected chi connectivity index (χ1v) is 5.95. The highest BCUT2D eigenvalue weighted by Gasteiger charge is 2.17. The first kappa shape index (κ1) is 10.5. The van der Waals surface area contributed by atoms with Crippen LogP contribution in [0.5, 0.6) is 0 Å². The molecule has 2 heterocycles. The van der Waals surface area contributed by atoms with E-state index in [4.69, 9.17) is 0 Å². The van der Waals surface area contributed by atoms with Gasteiger partial charge in [0, 0.05) is 12.3 Å². The van der Waals surface area contributed by atoms with Gasteiger partial charge in [-0.05, 0) is 6.42 Å². The quantitative estimate of drug-likeness (QED) is 0.826. The van der Waals surface area contributed by atoms with Crippen LogP contribution >= 0.6 is 11.8 Å². The highest BCUT2D eigenvalue weighted by atomic mass is 32.2. The average molecular weight is 225 g/mol. The van der Waals surface area contributed by atoms with Gasteiger partial charge in [-0.25, -0.2) is 4.98 Å². The number of aromatic nitrogens is 3. The number of rotatable bonds is 3. The number of thioether (sulfide) groups is 1. The maximum Gasteiger partial charge on any atom is 0.169 e. The predicted octanol–water partition coefficient (Wildman–Crippen LogP) is 0.786. The third-order valence-electron chi connectivity index (χ3n) is 2.22. The van der Waals surface area contributed by atoms with E-state index in [2.05, 4.69) is 27.3 Å². The second-order valence-corrected chi connectivity index (χ2v) is 4.77. The third kappa shape index (κ3) is 2.71. The van der Waals surface area contributed by atoms with E-state index in [0.717, 1.165) is 17.5 Å². The van der Waals surface area contributed by atoms with E-state index in [9.17, 15) is 0 Å². The second kappa shape index (κ2) is 4.65. The van der Waals surface area contributed by atoms with Gasteiger partial charge in [0.1, 0.15) is 6.33 Å². The molecule has 1 N–H and O–H groups in total. The van der Waals surface area contributed by atoms with Gasteiger partial charge in [0.05, 0.1) is 13.1 Å². The molecule has 82 valence electrons. The highest BCUT2D eigenvalue weighted by molar-refractivity contribution is 8.14. The van der Waals surface area contributed by atoms with Crippen molar-refractivity contribution < 1.29 is 0 Å². The van der Waals surface area contributed by atoms with Gasteiger partial charge in [0.2, 0.25) is 0 Å². The Balaban J connectivity index is 1.80. The molecule has 0 saturated carbocycles. The van der Waals surface area contributed by atoms with Crippen LogP contribution in [0.15, 0.2) is 11.3 Å². The maximum atomic E-state index is 4.42. The molecule has 15 heavy (non-hydrogen) atoms. The van der Waals surface area contributed by atoms with Crippen LogP contribution in [0.3, 0.4) is 0 Å². The van der Waals surface area contributed by atoms with E-state index < -0.39 is 0 Å². The van der Waals surface area contributed by atoms with Crippen LogP contribution in [0.2, 0.25) is 0 Å². The Morgan fingerprint density at radius 1 is 1.67 bits per heavy atom. The van der Waals surface area contributed by atoms with Crippen LogP contribution in [0.25, 0.3) is 0 Å². The smallest absolute Gasteiger partial charge is 0.169 e. The molecular formula is C9H15N5S. The average Bonchev–Trinajstić information content (AvgIpc) is 2.83. The molecule has 0 saturated heterocycles. The van der Waals surface area contributed by atoms with Gasteiger partial charge in [-0.1, -0.05) is 18.7 Å². The first-order chi connectivity index (χ1) is 7.28. The summed E-state index contributed by atoms with van der Waals surface area (Å²) in [5.41, 5.74) is 0. The second-order valence-electron chi connectivity index (χ2n) is 3.48. The van der Waals surface area contributed by atoms with Crippen molar-refractivity contribution in [3.05, 3.63) is 12.2 Å². The zero-order valence-electron chi connectivity index (χ0n) is 8.97. The molecular weight excluding hydrogens is 210 g/mol. The third-order valence-corrected chi connectivity index (χ3v) is 3.53. The summed E-state index contributed by atoms with van der Waals surface area (Å²) < 4.78 is 1.70. The SMILES string of the molecule is CCC1CN=C(NCc2ncn(C)n2)S1. The topological polar surface area (TPSA) is 55.1 Å². The van der Waals surface area contributed by atoms with Crippen molar-refractivity contribution in [3.63, 3.8) is 0 Å². The first-order valence-electron chi connectivity index (χ1n) is 5.07. The molecule has 5 nitrogen and oxygen atoms in total. The highest BCUT2D eigenvalue weighted by Crippen LogP contribution is 2.21. The number of amidine groups is 1. The molecule has 1 aliphatic heterocycles. The molecule has 0 fully saturated rings. The molecule has 0 spiro atoms. The van der Waals surface area contributed by atoms with Crippen molar-refractivity contribution in [1.82, 2.24) is 20.1 Å². The van der Waals surface area contributed by atoms with Crippen LogP contribution in [0.1, 0.15) is 19.2 Å². The molecule has 1 atom stereocenters. The van der Waals surface area contributed by atoms with E-state index in [1.807, 2.05) is 18.8 Å². The molecule has 0 amide bonds. The van der Waals surface area contributed by atoms with Gasteiger partial charge in [-0.2, -0.15) is 5.10 Å². The zero-order chi connectivity index (χ0) is 10.7. The van der Waals surface area contributed by atoms with Gasteiger partial charge < -0.3 is 5.32 Å². The van der Waals surface area contributed by atoms with Crippen LogP contribution in [-0.4, -0.2) is 31.7 Å². The van der Waals surface area contributed by atoms with Crippen LogP contribution in [0.4, 0.5) is 0 Å². The number of aryl methyl sites for hydroxylation is 1. The Labute approximate surface area is 93.4 Å². The molecule has 0 radical (unpaired) electrons. The minimum Gasteiger partial charge on any atom is -0.358 e. The van der Waals surface area contributed by atoms with Crippen LogP contribution in [0, 0.1) is 0 Å². The summed E-state index contributed by atoms with van der Waals surface area (Å²) in [6, 6.07) is 0. The normalized spacial score (nSPS) is 20.4. The van der Waals surface area contributed by atoms with Gasteiger partial charge in [-0.15, -0.1) is 0 Å². The molecule has 1 unspecified atom stereocenters. The summed E-state index contributed by atoms with van der Waals surface area (Å²) >= 11 is 1.81. The van der Waals surface area contributed by atoms with Gasteiger partial charge in [0.15, 0.2) is 11.0 Å². The summed E-state index contributed by atoms with van der Waals surface area (Å²) in [6.45, 7) is 3.78. The van der Waals surface area contributed by atoms with Gasteiger partial charge >= 0.3 is 0 Å². The van der Waals surface area contributed by atoms with Crippen LogP contribution in [-0.2, 0) is 13.6 Å². The van der Waals surface area contributed by atoms with Gasteiger partial charge in [0.25, 0.3) is 0 Å². The Kier molecular flexibility index (Phi) is 3.25. The zero-order valence-corrected chi connectivity index (χ0v) is 9.79. The summed E-state index contributed by atoms with van der Waals surface area (Å²) in [7, 11) is 1.87. The Morgan fingerprint density at radius 2 is 2.53 bits per heavy atom. The van der Waals surface area contributed by atoms with Gasteiger partial charge in [-0.3, -0.25) is 9.67 Å². The summed E-state index contributed by atoms with van der Waals surface area (Å²) in [4.78, 5) is 8.56. The van der Waals surface area contributed by atoms with Crippen molar-refractivity contribution in [2.45, 2.75) is 25.1 Å². The minimum absolute atomic E-state index is 0.643. The Bertz CT molecular complexity index is 359. The summed E-state index contributed by atoms with van der Waals surface area (Å²) in [5.74, 6) is 0.806. The predicted molar refractivity (Wildman–Crippen MR) is 61.8 cm³/mol. The lowest BCUT2D eigenvalue weighted by Gasteiger charge is -2.04. The lowest BCUT2D eigenvalue weighted by atomic mass is 10.3.